The lowest BCUT2D eigenvalue weighted by atomic mass is 9.89. The van der Waals surface area contributed by atoms with E-state index in [4.69, 9.17) is 0 Å². The van der Waals surface area contributed by atoms with E-state index in [1.165, 1.54) is 24.3 Å². The number of nitrogens with one attached hydrogen (secondary N) is 2. The number of Topliss-reactive ketones (excluding diaryl/α,β-unsaturated/α-hetero) is 1. The number of piperidine rings is 1. The van der Waals surface area contributed by atoms with Crippen LogP contribution in [-0.4, -0.2) is 41.8 Å². The molecular formula is C20H22N4O4. The molecule has 1 heterocycles. The van der Waals surface area contributed by atoms with Crippen LogP contribution < -0.4 is 10.6 Å². The highest BCUT2D eigenvalue weighted by Gasteiger charge is 2.24. The molecule has 1 saturated heterocycles. The molecule has 0 spiro atoms. The number of hydrogen-bond acceptors (Lipinski definition) is 5. The summed E-state index contributed by atoms with van der Waals surface area (Å²) in [7, 11) is 2.05. The van der Waals surface area contributed by atoms with Crippen molar-refractivity contribution in [3.8, 4) is 0 Å². The van der Waals surface area contributed by atoms with Crippen LogP contribution in [0.5, 0.6) is 0 Å². The largest absolute Gasteiger partial charge is 0.323 e. The molecule has 2 aromatic carbocycles. The molecule has 0 radical (unpaired) electrons. The average Bonchev–Trinajstić information content (AvgIpc) is 2.68. The minimum absolute atomic E-state index is 0.0142. The van der Waals surface area contributed by atoms with Gasteiger partial charge in [0, 0.05) is 35.0 Å². The van der Waals surface area contributed by atoms with Gasteiger partial charge in [0.2, 0.25) is 0 Å². The summed E-state index contributed by atoms with van der Waals surface area (Å²) in [6.45, 7) is 1.82. The molecule has 0 bridgehead atoms. The lowest BCUT2D eigenvalue weighted by Crippen LogP contribution is -2.33. The molecule has 1 aliphatic heterocycles. The Morgan fingerprint density at radius 2 is 1.68 bits per heavy atom. The molecule has 2 N–H and O–H groups in total. The number of nitrogens with zero attached hydrogens (tertiary/aromatic N) is 2. The van der Waals surface area contributed by atoms with E-state index in [1.807, 2.05) is 0 Å². The van der Waals surface area contributed by atoms with Gasteiger partial charge in [0.1, 0.15) is 0 Å². The topological polar surface area (TPSA) is 105 Å². The fourth-order valence-electron chi connectivity index (χ4n) is 3.22. The van der Waals surface area contributed by atoms with Crippen LogP contribution in [-0.2, 0) is 0 Å². The Hall–Kier alpha value is -3.26. The quantitative estimate of drug-likeness (QED) is 0.465. The Morgan fingerprint density at radius 1 is 1.04 bits per heavy atom. The van der Waals surface area contributed by atoms with Crippen LogP contribution in [0, 0.1) is 16.0 Å². The minimum Gasteiger partial charge on any atom is -0.308 e. The van der Waals surface area contributed by atoms with Gasteiger partial charge in [0.25, 0.3) is 5.69 Å². The predicted molar refractivity (Wildman–Crippen MR) is 107 cm³/mol. The third kappa shape index (κ3) is 4.92. The third-order valence-corrected chi connectivity index (χ3v) is 4.83. The highest BCUT2D eigenvalue weighted by Crippen LogP contribution is 2.23. The number of anilines is 2. The van der Waals surface area contributed by atoms with Crippen molar-refractivity contribution in [2.24, 2.45) is 5.92 Å². The second-order valence-electron chi connectivity index (χ2n) is 6.91. The summed E-state index contributed by atoms with van der Waals surface area (Å²) in [5.74, 6) is 0.118. The van der Waals surface area contributed by atoms with Gasteiger partial charge in [0.05, 0.1) is 4.92 Å². The van der Waals surface area contributed by atoms with Gasteiger partial charge in [0.15, 0.2) is 5.78 Å². The molecular weight excluding hydrogens is 360 g/mol. The maximum Gasteiger partial charge on any atom is 0.323 e. The average molecular weight is 382 g/mol. The van der Waals surface area contributed by atoms with E-state index in [2.05, 4.69) is 22.6 Å². The summed E-state index contributed by atoms with van der Waals surface area (Å²) >= 11 is 0. The zero-order valence-corrected chi connectivity index (χ0v) is 15.6. The van der Waals surface area contributed by atoms with Gasteiger partial charge in [-0.25, -0.2) is 4.79 Å². The number of benzene rings is 2. The van der Waals surface area contributed by atoms with Crippen LogP contribution >= 0.6 is 0 Å². The number of rotatable bonds is 5. The molecule has 1 fully saturated rings. The predicted octanol–water partition coefficient (Wildman–Crippen LogP) is 3.76. The van der Waals surface area contributed by atoms with Crippen molar-refractivity contribution in [2.75, 3.05) is 30.8 Å². The molecule has 0 saturated carbocycles. The maximum atomic E-state index is 12.7. The monoisotopic (exact) mass is 382 g/mol. The second kappa shape index (κ2) is 8.62. The van der Waals surface area contributed by atoms with E-state index in [9.17, 15) is 19.7 Å². The smallest absolute Gasteiger partial charge is 0.308 e. The summed E-state index contributed by atoms with van der Waals surface area (Å²) in [6, 6.07) is 11.9. The summed E-state index contributed by atoms with van der Waals surface area (Å²) in [5, 5.41) is 16.0. The molecule has 3 rings (SSSR count). The van der Waals surface area contributed by atoms with Crippen molar-refractivity contribution in [1.29, 1.82) is 0 Å². The van der Waals surface area contributed by atoms with E-state index in [-0.39, 0.29) is 17.4 Å². The second-order valence-corrected chi connectivity index (χ2v) is 6.91. The summed E-state index contributed by atoms with van der Waals surface area (Å²) in [5.41, 5.74) is 1.48. The first kappa shape index (κ1) is 19.5. The SMILES string of the molecule is CN1CCC(C(=O)c2cccc(NC(=O)Nc3ccc([N+](=O)[O-])cc3)c2)CC1. The molecule has 0 aromatic heterocycles. The van der Waals surface area contributed by atoms with E-state index in [0.29, 0.717) is 16.9 Å². The van der Waals surface area contributed by atoms with Crippen molar-refractivity contribution in [3.63, 3.8) is 0 Å². The first-order valence-electron chi connectivity index (χ1n) is 9.07. The molecule has 0 atom stereocenters. The number of amides is 2. The van der Waals surface area contributed by atoms with E-state index >= 15 is 0 Å². The first-order chi connectivity index (χ1) is 13.4. The number of hydrogen-bond donors (Lipinski definition) is 2. The minimum atomic E-state index is -0.503. The first-order valence-corrected chi connectivity index (χ1v) is 9.07. The number of ketones is 1. The van der Waals surface area contributed by atoms with Gasteiger partial charge in [-0.15, -0.1) is 0 Å². The molecule has 0 unspecified atom stereocenters. The van der Waals surface area contributed by atoms with Crippen molar-refractivity contribution < 1.29 is 14.5 Å². The molecule has 146 valence electrons. The third-order valence-electron chi connectivity index (χ3n) is 4.83. The number of nitro benzene ring substituents is 1. The molecule has 28 heavy (non-hydrogen) atoms. The molecule has 2 aromatic rings. The number of carbonyl (C=O) groups is 2. The molecule has 8 nitrogen and oxygen atoms in total. The van der Waals surface area contributed by atoms with E-state index in [0.717, 1.165) is 25.9 Å². The number of carbonyl (C=O) groups excluding carboxylic acids is 2. The van der Waals surface area contributed by atoms with Crippen LogP contribution in [0.2, 0.25) is 0 Å². The lowest BCUT2D eigenvalue weighted by molar-refractivity contribution is -0.384. The van der Waals surface area contributed by atoms with Crippen molar-refractivity contribution >= 4 is 28.9 Å². The van der Waals surface area contributed by atoms with E-state index < -0.39 is 11.0 Å². The number of likely N-dealkylation sites (tertiary alicyclic amines) is 1. The van der Waals surface area contributed by atoms with Crippen molar-refractivity contribution in [1.82, 2.24) is 4.90 Å². The molecule has 1 aliphatic rings. The fourth-order valence-corrected chi connectivity index (χ4v) is 3.22. The Kier molecular flexibility index (Phi) is 6.00. The van der Waals surface area contributed by atoms with Gasteiger partial charge >= 0.3 is 6.03 Å². The highest BCUT2D eigenvalue weighted by molar-refractivity contribution is 6.02. The number of urea groups is 1. The highest BCUT2D eigenvalue weighted by atomic mass is 16.6. The molecule has 8 heteroatoms. The Balaban J connectivity index is 1.61. The summed E-state index contributed by atoms with van der Waals surface area (Å²) in [6.07, 6.45) is 1.68. The van der Waals surface area contributed by atoms with Crippen LogP contribution in [0.25, 0.3) is 0 Å². The molecule has 0 aliphatic carbocycles. The van der Waals surface area contributed by atoms with Gasteiger partial charge in [-0.1, -0.05) is 12.1 Å². The standard InChI is InChI=1S/C20H22N4O4/c1-23-11-9-14(10-12-23)19(25)15-3-2-4-17(13-15)22-20(26)21-16-5-7-18(8-6-16)24(27)28/h2-8,13-14H,9-12H2,1H3,(H2,21,22,26). The van der Waals surface area contributed by atoms with Crippen molar-refractivity contribution in [2.45, 2.75) is 12.8 Å². The lowest BCUT2D eigenvalue weighted by Gasteiger charge is -2.28. The van der Waals surface area contributed by atoms with Gasteiger partial charge in [-0.2, -0.15) is 0 Å². The fraction of sp³-hybridized carbons (Fsp3) is 0.300. The van der Waals surface area contributed by atoms with Crippen LogP contribution in [0.4, 0.5) is 21.9 Å². The Bertz CT molecular complexity index is 874. The van der Waals surface area contributed by atoms with Crippen LogP contribution in [0.1, 0.15) is 23.2 Å². The zero-order valence-electron chi connectivity index (χ0n) is 15.6. The summed E-state index contributed by atoms with van der Waals surface area (Å²) < 4.78 is 0. The van der Waals surface area contributed by atoms with E-state index in [1.54, 1.807) is 24.3 Å². The Labute approximate surface area is 162 Å². The number of non-ortho nitro benzene ring substituents is 1. The Morgan fingerprint density at radius 3 is 2.32 bits per heavy atom. The normalized spacial score (nSPS) is 15.0. The maximum absolute atomic E-state index is 12.7. The van der Waals surface area contributed by atoms with Crippen molar-refractivity contribution in [3.05, 3.63) is 64.2 Å². The summed E-state index contributed by atoms with van der Waals surface area (Å²) in [4.78, 5) is 37.3. The van der Waals surface area contributed by atoms with Crippen LogP contribution in [0.3, 0.4) is 0 Å². The molecule has 2 amide bonds. The zero-order chi connectivity index (χ0) is 20.1. The van der Waals surface area contributed by atoms with Crippen LogP contribution in [0.15, 0.2) is 48.5 Å². The number of nitro groups is 1. The van der Waals surface area contributed by atoms with Gasteiger partial charge < -0.3 is 15.5 Å². The van der Waals surface area contributed by atoms with Gasteiger partial charge in [-0.3, -0.25) is 14.9 Å². The van der Waals surface area contributed by atoms with Gasteiger partial charge in [-0.05, 0) is 57.2 Å².